The van der Waals surface area contributed by atoms with Crippen LogP contribution in [0.25, 0.3) is 4.96 Å². The Hall–Kier alpha value is -3.97. The van der Waals surface area contributed by atoms with Crippen molar-refractivity contribution in [2.75, 3.05) is 24.5 Å². The molecule has 1 spiro atoms. The highest BCUT2D eigenvalue weighted by molar-refractivity contribution is 7.87. The van der Waals surface area contributed by atoms with Gasteiger partial charge in [0.05, 0.1) is 11.6 Å². The lowest BCUT2D eigenvalue weighted by Crippen LogP contribution is -2.57. The molecule has 4 aromatic rings. The minimum Gasteiger partial charge on any atom is -0.445 e. The van der Waals surface area contributed by atoms with E-state index in [0.29, 0.717) is 24.8 Å². The minimum absolute atomic E-state index is 0.0324. The summed E-state index contributed by atoms with van der Waals surface area (Å²) < 4.78 is 37.2. The molecule has 1 saturated carbocycles. The highest BCUT2D eigenvalue weighted by atomic mass is 32.2. The third kappa shape index (κ3) is 5.06. The van der Waals surface area contributed by atoms with Gasteiger partial charge in [-0.1, -0.05) is 59.4 Å². The van der Waals surface area contributed by atoms with Gasteiger partial charge in [-0.3, -0.25) is 9.69 Å². The molecular formula is C26H25N5O6S2. The topological polar surface area (TPSA) is 123 Å². The highest BCUT2D eigenvalue weighted by Gasteiger charge is 2.54. The van der Waals surface area contributed by atoms with Gasteiger partial charge < -0.3 is 13.8 Å². The number of hydrogen-bond acceptors (Lipinski definition) is 10. The molecule has 0 atom stereocenters. The second-order valence-corrected chi connectivity index (χ2v) is 12.2. The van der Waals surface area contributed by atoms with Crippen molar-refractivity contribution in [2.24, 2.45) is 0 Å². The molecule has 202 valence electrons. The number of fused-ring (bicyclic) bond motifs is 1. The third-order valence-electron chi connectivity index (χ3n) is 6.89. The van der Waals surface area contributed by atoms with E-state index in [9.17, 15) is 18.0 Å². The Labute approximate surface area is 228 Å². The predicted octanol–water partition coefficient (Wildman–Crippen LogP) is 3.22. The highest BCUT2D eigenvalue weighted by Crippen LogP contribution is 2.45. The smallest absolute Gasteiger partial charge is 0.410 e. The zero-order chi connectivity index (χ0) is 27.2. The Kier molecular flexibility index (Phi) is 6.26. The molecule has 1 amide bonds. The summed E-state index contributed by atoms with van der Waals surface area (Å²) in [6.45, 7) is 3.56. The number of ether oxygens (including phenoxy) is 1. The first-order valence-corrected chi connectivity index (χ1v) is 14.6. The van der Waals surface area contributed by atoms with Crippen molar-refractivity contribution in [3.63, 3.8) is 0 Å². The van der Waals surface area contributed by atoms with Gasteiger partial charge in [-0.15, -0.1) is 5.10 Å². The number of amides is 1. The van der Waals surface area contributed by atoms with Gasteiger partial charge in [-0.25, -0.2) is 4.79 Å². The first-order chi connectivity index (χ1) is 18.7. The van der Waals surface area contributed by atoms with Crippen molar-refractivity contribution < 1.29 is 22.1 Å². The van der Waals surface area contributed by atoms with E-state index in [1.807, 2.05) is 42.2 Å². The molecule has 13 heteroatoms. The van der Waals surface area contributed by atoms with Crippen molar-refractivity contribution >= 4 is 37.6 Å². The standard InChI is InChI=1S/C26H25N5O6S2/c1-18-7-9-20(10-8-18)39(34,35)37-21-15-22(32)31-23(27-21)38-24(28-31)29-13-14-30(26(17-29)11-12-26)25(33)36-16-19-5-3-2-4-6-19/h2-10,15H,11-14,16-17H2,1H3. The van der Waals surface area contributed by atoms with Crippen LogP contribution in [0.15, 0.2) is 70.4 Å². The lowest BCUT2D eigenvalue weighted by Gasteiger charge is -2.41. The number of anilines is 1. The molecule has 6 rings (SSSR count). The summed E-state index contributed by atoms with van der Waals surface area (Å²) in [4.78, 5) is 33.9. The summed E-state index contributed by atoms with van der Waals surface area (Å²) in [6, 6.07) is 16.7. The van der Waals surface area contributed by atoms with E-state index in [-0.39, 0.29) is 34.0 Å². The molecule has 0 radical (unpaired) electrons. The first kappa shape index (κ1) is 25.3. The molecule has 3 heterocycles. The molecule has 2 fully saturated rings. The number of hydrogen-bond donors (Lipinski definition) is 0. The van der Waals surface area contributed by atoms with Gasteiger partial charge in [0.2, 0.25) is 16.0 Å². The average Bonchev–Trinajstić information content (AvgIpc) is 3.53. The first-order valence-electron chi connectivity index (χ1n) is 12.4. The van der Waals surface area contributed by atoms with Crippen molar-refractivity contribution in [1.29, 1.82) is 0 Å². The maximum atomic E-state index is 12.9. The average molecular weight is 568 g/mol. The summed E-state index contributed by atoms with van der Waals surface area (Å²) in [7, 11) is -4.16. The van der Waals surface area contributed by atoms with E-state index < -0.39 is 15.7 Å². The van der Waals surface area contributed by atoms with E-state index in [2.05, 4.69) is 10.1 Å². The van der Waals surface area contributed by atoms with Crippen molar-refractivity contribution in [3.8, 4) is 5.88 Å². The molecule has 2 aliphatic rings. The van der Waals surface area contributed by atoms with Crippen LogP contribution in [-0.2, 0) is 21.5 Å². The minimum atomic E-state index is -4.16. The van der Waals surface area contributed by atoms with Crippen LogP contribution in [0.5, 0.6) is 5.88 Å². The Morgan fingerprint density at radius 2 is 1.82 bits per heavy atom. The van der Waals surface area contributed by atoms with Gasteiger partial charge in [0, 0.05) is 19.6 Å². The van der Waals surface area contributed by atoms with Crippen LogP contribution in [0.4, 0.5) is 9.93 Å². The summed E-state index contributed by atoms with van der Waals surface area (Å²) in [5.74, 6) is -0.319. The van der Waals surface area contributed by atoms with Gasteiger partial charge in [0.15, 0.2) is 0 Å². The van der Waals surface area contributed by atoms with Crippen LogP contribution in [0, 0.1) is 6.92 Å². The lowest BCUT2D eigenvalue weighted by atomic mass is 10.1. The summed E-state index contributed by atoms with van der Waals surface area (Å²) in [5, 5.41) is 4.98. The molecule has 2 aromatic carbocycles. The van der Waals surface area contributed by atoms with Crippen LogP contribution in [-0.4, -0.2) is 59.2 Å². The molecule has 2 aromatic heterocycles. The van der Waals surface area contributed by atoms with E-state index in [0.717, 1.165) is 45.9 Å². The monoisotopic (exact) mass is 567 g/mol. The maximum Gasteiger partial charge on any atom is 0.410 e. The lowest BCUT2D eigenvalue weighted by molar-refractivity contribution is 0.0702. The Morgan fingerprint density at radius 1 is 1.08 bits per heavy atom. The number of aryl methyl sites for hydroxylation is 1. The van der Waals surface area contributed by atoms with Crippen molar-refractivity contribution in [3.05, 3.63) is 82.1 Å². The number of aromatic nitrogens is 3. The molecule has 1 aliphatic carbocycles. The van der Waals surface area contributed by atoms with Gasteiger partial charge in [0.1, 0.15) is 11.5 Å². The summed E-state index contributed by atoms with van der Waals surface area (Å²) >= 11 is 1.16. The Morgan fingerprint density at radius 3 is 2.54 bits per heavy atom. The number of benzene rings is 2. The molecule has 0 N–H and O–H groups in total. The Bertz CT molecular complexity index is 1700. The fourth-order valence-electron chi connectivity index (χ4n) is 4.61. The zero-order valence-electron chi connectivity index (χ0n) is 21.0. The van der Waals surface area contributed by atoms with Crippen LogP contribution in [0.2, 0.25) is 0 Å². The number of piperazine rings is 1. The van der Waals surface area contributed by atoms with E-state index in [1.165, 1.54) is 12.1 Å². The van der Waals surface area contributed by atoms with Gasteiger partial charge in [-0.05, 0) is 37.5 Å². The Balaban J connectivity index is 1.17. The number of nitrogens with zero attached hydrogens (tertiary/aromatic N) is 5. The van der Waals surface area contributed by atoms with Gasteiger partial charge >= 0.3 is 16.2 Å². The quantitative estimate of drug-likeness (QED) is 0.323. The molecule has 0 bridgehead atoms. The second-order valence-electron chi connectivity index (χ2n) is 9.70. The largest absolute Gasteiger partial charge is 0.445 e. The SMILES string of the molecule is Cc1ccc(S(=O)(=O)Oc2cc(=O)n3nc(N4CCN(C(=O)OCc5ccccc5)C5(CC5)C4)sc3n2)cc1. The predicted molar refractivity (Wildman–Crippen MR) is 144 cm³/mol. The van der Waals surface area contributed by atoms with Crippen LogP contribution in [0.1, 0.15) is 24.0 Å². The molecule has 11 nitrogen and oxygen atoms in total. The molecule has 0 unspecified atom stereocenters. The van der Waals surface area contributed by atoms with Crippen LogP contribution >= 0.6 is 11.3 Å². The zero-order valence-corrected chi connectivity index (χ0v) is 22.7. The fraction of sp³-hybridized carbons (Fsp3) is 0.308. The second kappa shape index (κ2) is 9.65. The molecule has 1 saturated heterocycles. The number of carbonyl (C=O) groups excluding carboxylic acids is 1. The molecule has 1 aliphatic heterocycles. The maximum absolute atomic E-state index is 12.9. The van der Waals surface area contributed by atoms with Crippen LogP contribution in [0.3, 0.4) is 0 Å². The van der Waals surface area contributed by atoms with E-state index in [4.69, 9.17) is 8.92 Å². The molecule has 39 heavy (non-hydrogen) atoms. The normalized spacial score (nSPS) is 16.4. The van der Waals surface area contributed by atoms with E-state index in [1.54, 1.807) is 17.0 Å². The van der Waals surface area contributed by atoms with Crippen molar-refractivity contribution in [1.82, 2.24) is 19.5 Å². The number of carbonyl (C=O) groups is 1. The third-order valence-corrected chi connectivity index (χ3v) is 9.10. The molecular weight excluding hydrogens is 542 g/mol. The fourth-order valence-corrected chi connectivity index (χ4v) is 6.41. The summed E-state index contributed by atoms with van der Waals surface area (Å²) in [6.07, 6.45) is 1.36. The van der Waals surface area contributed by atoms with Crippen LogP contribution < -0.4 is 14.6 Å². The van der Waals surface area contributed by atoms with Gasteiger partial charge in [-0.2, -0.15) is 17.9 Å². The number of rotatable bonds is 6. The van der Waals surface area contributed by atoms with Gasteiger partial charge in [0.25, 0.3) is 5.56 Å². The van der Waals surface area contributed by atoms with Crippen molar-refractivity contribution in [2.45, 2.75) is 36.8 Å². The summed E-state index contributed by atoms with van der Waals surface area (Å²) in [5.41, 5.74) is 0.943. The van der Waals surface area contributed by atoms with E-state index >= 15 is 0 Å².